The van der Waals surface area contributed by atoms with Gasteiger partial charge in [0.15, 0.2) is 5.84 Å². The van der Waals surface area contributed by atoms with E-state index in [-0.39, 0.29) is 0 Å². The Labute approximate surface area is 120 Å². The molecule has 0 saturated heterocycles. The number of hydrogen-bond acceptors (Lipinski definition) is 3. The molecule has 4 heteroatoms. The Balaban J connectivity index is 0.000000956. The summed E-state index contributed by atoms with van der Waals surface area (Å²) in [7, 11) is 1.50. The summed E-state index contributed by atoms with van der Waals surface area (Å²) in [6, 6.07) is 7.89. The fourth-order valence-corrected chi connectivity index (χ4v) is 1.73. The highest BCUT2D eigenvalue weighted by molar-refractivity contribution is 5.97. The van der Waals surface area contributed by atoms with Gasteiger partial charge in [0.2, 0.25) is 0 Å². The summed E-state index contributed by atoms with van der Waals surface area (Å²) in [5.74, 6) is 0.412. The molecule has 2 rings (SSSR count). The third-order valence-electron chi connectivity index (χ3n) is 2.81. The zero-order chi connectivity index (χ0) is 14.8. The minimum Gasteiger partial charge on any atom is -0.389 e. The van der Waals surface area contributed by atoms with Crippen LogP contribution >= 0.6 is 0 Å². The van der Waals surface area contributed by atoms with E-state index in [1.54, 1.807) is 0 Å². The maximum absolute atomic E-state index is 5.85. The Morgan fingerprint density at radius 2 is 1.90 bits per heavy atom. The number of nitrogens with zero attached hydrogens (tertiary/aromatic N) is 1. The number of hydrogen-bond donors (Lipinski definition) is 2. The summed E-state index contributed by atoms with van der Waals surface area (Å²) >= 11 is 0. The second-order valence-corrected chi connectivity index (χ2v) is 4.37. The summed E-state index contributed by atoms with van der Waals surface area (Å²) in [5, 5.41) is 3.94. The van der Waals surface area contributed by atoms with Gasteiger partial charge in [-0.1, -0.05) is 53.2 Å². The molecule has 0 fully saturated rings. The number of benzene rings is 1. The van der Waals surface area contributed by atoms with Crippen molar-refractivity contribution in [3.05, 3.63) is 59.2 Å². The van der Waals surface area contributed by atoms with Gasteiger partial charge in [0, 0.05) is 5.56 Å². The number of allylic oxidation sites excluding steroid dienone is 2. The molecule has 0 bridgehead atoms. The van der Waals surface area contributed by atoms with Crippen molar-refractivity contribution in [1.82, 2.24) is 0 Å². The first-order chi connectivity index (χ1) is 9.75. The zero-order valence-corrected chi connectivity index (χ0v) is 12.2. The summed E-state index contributed by atoms with van der Waals surface area (Å²) < 4.78 is 0. The van der Waals surface area contributed by atoms with E-state index in [2.05, 4.69) is 29.1 Å². The van der Waals surface area contributed by atoms with Gasteiger partial charge in [-0.05, 0) is 32.4 Å². The van der Waals surface area contributed by atoms with E-state index < -0.39 is 0 Å². The Hall–Kier alpha value is -2.07. The lowest BCUT2D eigenvalue weighted by Crippen LogP contribution is -2.14. The molecule has 4 N–H and O–H groups in total. The highest BCUT2D eigenvalue weighted by Crippen LogP contribution is 2.10. The summed E-state index contributed by atoms with van der Waals surface area (Å²) in [4.78, 5) is 5.26. The molecular weight excluding hydrogens is 250 g/mol. The van der Waals surface area contributed by atoms with Crippen LogP contribution in [0.4, 0.5) is 0 Å². The molecule has 0 radical (unpaired) electrons. The smallest absolute Gasteiger partial charge is 0.170 e. The number of rotatable bonds is 4. The normalized spacial score (nSPS) is 14.2. The SMILES string of the molecule is CN.Cc1ccc(/C(N)=N/OCC2=CCCC=C2)cc1. The van der Waals surface area contributed by atoms with Gasteiger partial charge in [0.1, 0.15) is 6.61 Å². The first-order valence-corrected chi connectivity index (χ1v) is 6.71. The molecule has 1 aromatic carbocycles. The quantitative estimate of drug-likeness (QED) is 0.503. The largest absolute Gasteiger partial charge is 0.389 e. The van der Waals surface area contributed by atoms with Gasteiger partial charge in [-0.2, -0.15) is 0 Å². The molecule has 0 unspecified atom stereocenters. The zero-order valence-electron chi connectivity index (χ0n) is 12.2. The number of oxime groups is 1. The fraction of sp³-hybridized carbons (Fsp3) is 0.312. The first-order valence-electron chi connectivity index (χ1n) is 6.71. The highest BCUT2D eigenvalue weighted by Gasteiger charge is 2.00. The molecule has 0 saturated carbocycles. The van der Waals surface area contributed by atoms with Crippen LogP contribution in [0.1, 0.15) is 24.0 Å². The third-order valence-corrected chi connectivity index (χ3v) is 2.81. The second kappa shape index (κ2) is 8.93. The van der Waals surface area contributed by atoms with Crippen molar-refractivity contribution in [3.63, 3.8) is 0 Å². The standard InChI is InChI=1S/C15H18N2O.CH5N/c1-12-7-9-14(10-8-12)15(16)17-18-11-13-5-3-2-4-6-13;1-2/h3,5-10H,2,4,11H2,1H3,(H2,16,17);2H2,1H3. The molecule has 108 valence electrons. The topological polar surface area (TPSA) is 73.6 Å². The van der Waals surface area contributed by atoms with Gasteiger partial charge in [-0.15, -0.1) is 0 Å². The van der Waals surface area contributed by atoms with Gasteiger partial charge < -0.3 is 16.3 Å². The van der Waals surface area contributed by atoms with Crippen molar-refractivity contribution in [1.29, 1.82) is 0 Å². The number of nitrogens with two attached hydrogens (primary N) is 2. The molecule has 1 aliphatic carbocycles. The van der Waals surface area contributed by atoms with E-state index in [9.17, 15) is 0 Å². The lowest BCUT2D eigenvalue weighted by molar-refractivity contribution is 0.169. The first kappa shape index (κ1) is 16.0. The summed E-state index contributed by atoms with van der Waals surface area (Å²) in [6.07, 6.45) is 8.56. The molecule has 20 heavy (non-hydrogen) atoms. The minimum atomic E-state index is 0.412. The third kappa shape index (κ3) is 5.28. The second-order valence-electron chi connectivity index (χ2n) is 4.37. The van der Waals surface area contributed by atoms with E-state index in [0.29, 0.717) is 12.4 Å². The van der Waals surface area contributed by atoms with Gasteiger partial charge in [0.05, 0.1) is 0 Å². The monoisotopic (exact) mass is 273 g/mol. The lowest BCUT2D eigenvalue weighted by Gasteiger charge is -2.06. The van der Waals surface area contributed by atoms with E-state index in [1.807, 2.05) is 31.2 Å². The Kier molecular flexibility index (Phi) is 7.14. The average Bonchev–Trinajstić information content (AvgIpc) is 2.51. The molecule has 0 atom stereocenters. The fourth-order valence-electron chi connectivity index (χ4n) is 1.73. The van der Waals surface area contributed by atoms with Gasteiger partial charge in [0.25, 0.3) is 0 Å². The molecule has 0 aromatic heterocycles. The van der Waals surface area contributed by atoms with Gasteiger partial charge in [-0.3, -0.25) is 0 Å². The van der Waals surface area contributed by atoms with Crippen LogP contribution in [0.3, 0.4) is 0 Å². The van der Waals surface area contributed by atoms with Crippen LogP contribution in [0.15, 0.2) is 53.2 Å². The molecule has 0 aliphatic heterocycles. The average molecular weight is 273 g/mol. The van der Waals surface area contributed by atoms with Crippen LogP contribution < -0.4 is 11.5 Å². The predicted octanol–water partition coefficient (Wildman–Crippen LogP) is 2.48. The van der Waals surface area contributed by atoms with Crippen LogP contribution in [0.2, 0.25) is 0 Å². The van der Waals surface area contributed by atoms with E-state index >= 15 is 0 Å². The molecule has 1 aromatic rings. The van der Waals surface area contributed by atoms with Crippen molar-refractivity contribution >= 4 is 5.84 Å². The number of aryl methyl sites for hydroxylation is 1. The molecule has 0 heterocycles. The maximum atomic E-state index is 5.85. The summed E-state index contributed by atoms with van der Waals surface area (Å²) in [6.45, 7) is 2.51. The molecule has 0 spiro atoms. The van der Waals surface area contributed by atoms with Crippen molar-refractivity contribution in [2.24, 2.45) is 16.6 Å². The van der Waals surface area contributed by atoms with Gasteiger partial charge in [-0.25, -0.2) is 0 Å². The number of amidine groups is 1. The minimum absolute atomic E-state index is 0.412. The van der Waals surface area contributed by atoms with Crippen molar-refractivity contribution in [3.8, 4) is 0 Å². The van der Waals surface area contributed by atoms with Crippen LogP contribution in [0.25, 0.3) is 0 Å². The summed E-state index contributed by atoms with van der Waals surface area (Å²) in [5.41, 5.74) is 13.6. The predicted molar refractivity (Wildman–Crippen MR) is 84.4 cm³/mol. The molecule has 4 nitrogen and oxygen atoms in total. The van der Waals surface area contributed by atoms with Crippen LogP contribution in [0, 0.1) is 6.92 Å². The molecule has 0 amide bonds. The Morgan fingerprint density at radius 1 is 1.20 bits per heavy atom. The maximum Gasteiger partial charge on any atom is 0.170 e. The highest BCUT2D eigenvalue weighted by atomic mass is 16.6. The molecule has 1 aliphatic rings. The van der Waals surface area contributed by atoms with Crippen molar-refractivity contribution in [2.45, 2.75) is 19.8 Å². The Bertz CT molecular complexity index is 487. The lowest BCUT2D eigenvalue weighted by atomic mass is 10.1. The van der Waals surface area contributed by atoms with Crippen molar-refractivity contribution in [2.75, 3.05) is 13.7 Å². The van der Waals surface area contributed by atoms with Crippen LogP contribution in [-0.2, 0) is 4.84 Å². The molecular formula is C16H23N3O. The van der Waals surface area contributed by atoms with E-state index in [1.165, 1.54) is 12.6 Å². The Morgan fingerprint density at radius 3 is 2.50 bits per heavy atom. The van der Waals surface area contributed by atoms with Crippen LogP contribution in [0.5, 0.6) is 0 Å². The van der Waals surface area contributed by atoms with E-state index in [4.69, 9.17) is 10.6 Å². The van der Waals surface area contributed by atoms with Crippen LogP contribution in [-0.4, -0.2) is 19.5 Å². The van der Waals surface area contributed by atoms with E-state index in [0.717, 1.165) is 24.0 Å². The van der Waals surface area contributed by atoms with Crippen molar-refractivity contribution < 1.29 is 4.84 Å². The van der Waals surface area contributed by atoms with Gasteiger partial charge >= 0.3 is 0 Å².